The number of ether oxygens (including phenoxy) is 2. The summed E-state index contributed by atoms with van der Waals surface area (Å²) in [5.41, 5.74) is -0.0674. The molecule has 0 N–H and O–H groups in total. The zero-order chi connectivity index (χ0) is 9.35. The number of cyclic esters (lactones) is 2. The summed E-state index contributed by atoms with van der Waals surface area (Å²) in [4.78, 5) is 10.8. The summed E-state index contributed by atoms with van der Waals surface area (Å²) in [6.45, 7) is 8.64. The molecule has 1 fully saturated rings. The van der Waals surface area contributed by atoms with Crippen LogP contribution >= 0.6 is 0 Å². The molecule has 3 heteroatoms. The van der Waals surface area contributed by atoms with E-state index in [4.69, 9.17) is 9.47 Å². The van der Waals surface area contributed by atoms with Gasteiger partial charge in [0.25, 0.3) is 0 Å². The van der Waals surface area contributed by atoms with Gasteiger partial charge in [0.15, 0.2) is 0 Å². The maximum Gasteiger partial charge on any atom is 0.508 e. The van der Waals surface area contributed by atoms with Crippen LogP contribution in [0.1, 0.15) is 27.7 Å². The molecule has 70 valence electrons. The Hall–Kier alpha value is -0.730. The smallest absolute Gasteiger partial charge is 0.434 e. The van der Waals surface area contributed by atoms with Gasteiger partial charge in [-0.05, 0) is 5.92 Å². The van der Waals surface area contributed by atoms with Gasteiger partial charge in [-0.1, -0.05) is 27.7 Å². The maximum atomic E-state index is 10.8. The van der Waals surface area contributed by atoms with E-state index in [2.05, 4.69) is 0 Å². The minimum atomic E-state index is -0.534. The van der Waals surface area contributed by atoms with Gasteiger partial charge in [0.1, 0.15) is 12.7 Å². The topological polar surface area (TPSA) is 35.5 Å². The third-order valence-electron chi connectivity index (χ3n) is 2.16. The summed E-state index contributed by atoms with van der Waals surface area (Å²) >= 11 is 0. The molecule has 0 aromatic heterocycles. The van der Waals surface area contributed by atoms with Gasteiger partial charge in [-0.3, -0.25) is 0 Å². The lowest BCUT2D eigenvalue weighted by atomic mass is 9.81. The molecule has 12 heavy (non-hydrogen) atoms. The number of hydrogen-bond acceptors (Lipinski definition) is 3. The molecule has 0 aromatic carbocycles. The zero-order valence-electron chi connectivity index (χ0n) is 8.09. The van der Waals surface area contributed by atoms with Crippen molar-refractivity contribution in [1.29, 1.82) is 0 Å². The Kier molecular flexibility index (Phi) is 2.31. The third-order valence-corrected chi connectivity index (χ3v) is 2.16. The number of rotatable bonds is 1. The normalized spacial score (nSPS) is 28.1. The molecule has 0 spiro atoms. The molecular weight excluding hydrogens is 156 g/mol. The number of carbonyl (C=O) groups is 1. The van der Waals surface area contributed by atoms with Crippen LogP contribution in [0.15, 0.2) is 0 Å². The fourth-order valence-electron chi connectivity index (χ4n) is 1.66. The highest BCUT2D eigenvalue weighted by Crippen LogP contribution is 2.32. The average Bonchev–Trinajstić information content (AvgIpc) is 1.94. The van der Waals surface area contributed by atoms with E-state index < -0.39 is 6.16 Å². The molecule has 0 aromatic rings. The van der Waals surface area contributed by atoms with Gasteiger partial charge in [0.2, 0.25) is 0 Å². The van der Waals surface area contributed by atoms with Crippen molar-refractivity contribution in [3.63, 3.8) is 0 Å². The Balaban J connectivity index is 2.72. The SMILES string of the molecule is CC(C)[C@H]1OC(=O)OCC1(C)C. The first-order chi connectivity index (χ1) is 5.43. The molecule has 1 aliphatic heterocycles. The predicted octanol–water partition coefficient (Wildman–Crippen LogP) is 2.20. The van der Waals surface area contributed by atoms with Crippen molar-refractivity contribution in [3.8, 4) is 0 Å². The molecule has 0 amide bonds. The van der Waals surface area contributed by atoms with Gasteiger partial charge >= 0.3 is 6.16 Å². The highest BCUT2D eigenvalue weighted by molar-refractivity contribution is 5.61. The quantitative estimate of drug-likeness (QED) is 0.569. The van der Waals surface area contributed by atoms with E-state index in [1.54, 1.807) is 0 Å². The standard InChI is InChI=1S/C9H16O3/c1-6(2)7-9(3,4)5-11-8(10)12-7/h6-7H,5H2,1-4H3/t7-/m1/s1. The summed E-state index contributed by atoms with van der Waals surface area (Å²) in [5.74, 6) is 0.341. The monoisotopic (exact) mass is 172 g/mol. The van der Waals surface area contributed by atoms with Crippen molar-refractivity contribution in [3.05, 3.63) is 0 Å². The second kappa shape index (κ2) is 2.96. The van der Waals surface area contributed by atoms with Gasteiger partial charge in [0, 0.05) is 5.41 Å². The molecule has 1 saturated heterocycles. The van der Waals surface area contributed by atoms with Crippen molar-refractivity contribution in [1.82, 2.24) is 0 Å². The Morgan fingerprint density at radius 1 is 1.50 bits per heavy atom. The van der Waals surface area contributed by atoms with Crippen LogP contribution in [-0.4, -0.2) is 18.9 Å². The van der Waals surface area contributed by atoms with Crippen molar-refractivity contribution >= 4 is 6.16 Å². The molecule has 0 bridgehead atoms. The summed E-state index contributed by atoms with van der Waals surface area (Å²) in [6.07, 6.45) is -0.563. The van der Waals surface area contributed by atoms with Crippen LogP contribution in [-0.2, 0) is 9.47 Å². The lowest BCUT2D eigenvalue weighted by molar-refractivity contribution is -0.112. The molecule has 0 saturated carbocycles. The molecule has 1 aliphatic rings. The van der Waals surface area contributed by atoms with Crippen LogP contribution in [0.3, 0.4) is 0 Å². The maximum absolute atomic E-state index is 10.8. The first-order valence-corrected chi connectivity index (χ1v) is 4.27. The number of carbonyl (C=O) groups excluding carboxylic acids is 1. The molecule has 0 unspecified atom stereocenters. The van der Waals surface area contributed by atoms with E-state index in [-0.39, 0.29) is 11.5 Å². The highest BCUT2D eigenvalue weighted by atomic mass is 16.7. The molecule has 1 atom stereocenters. The summed E-state index contributed by atoms with van der Waals surface area (Å²) in [6, 6.07) is 0. The van der Waals surface area contributed by atoms with Crippen molar-refractivity contribution < 1.29 is 14.3 Å². The minimum Gasteiger partial charge on any atom is -0.434 e. The van der Waals surface area contributed by atoms with E-state index in [9.17, 15) is 4.79 Å². The largest absolute Gasteiger partial charge is 0.508 e. The minimum absolute atomic E-state index is 0.0289. The van der Waals surface area contributed by atoms with E-state index in [1.807, 2.05) is 27.7 Å². The summed E-state index contributed by atoms with van der Waals surface area (Å²) in [7, 11) is 0. The van der Waals surface area contributed by atoms with Crippen molar-refractivity contribution in [2.75, 3.05) is 6.61 Å². The van der Waals surface area contributed by atoms with Crippen LogP contribution in [0.2, 0.25) is 0 Å². The third kappa shape index (κ3) is 1.71. The zero-order valence-corrected chi connectivity index (χ0v) is 8.09. The molecular formula is C9H16O3. The first kappa shape index (κ1) is 9.36. The van der Waals surface area contributed by atoms with Crippen LogP contribution in [0.5, 0.6) is 0 Å². The molecule has 0 radical (unpaired) electrons. The Morgan fingerprint density at radius 2 is 2.08 bits per heavy atom. The van der Waals surface area contributed by atoms with E-state index in [1.165, 1.54) is 0 Å². The summed E-state index contributed by atoms with van der Waals surface area (Å²) < 4.78 is 9.91. The summed E-state index contributed by atoms with van der Waals surface area (Å²) in [5, 5.41) is 0. The van der Waals surface area contributed by atoms with Gasteiger partial charge in [-0.25, -0.2) is 4.79 Å². The molecule has 3 nitrogen and oxygen atoms in total. The average molecular weight is 172 g/mol. The van der Waals surface area contributed by atoms with E-state index in [0.29, 0.717) is 12.5 Å². The predicted molar refractivity (Wildman–Crippen MR) is 44.8 cm³/mol. The van der Waals surface area contributed by atoms with E-state index >= 15 is 0 Å². The lowest BCUT2D eigenvalue weighted by Gasteiger charge is -2.39. The second-order valence-corrected chi connectivity index (χ2v) is 4.31. The van der Waals surface area contributed by atoms with Crippen LogP contribution in [0.25, 0.3) is 0 Å². The van der Waals surface area contributed by atoms with Gasteiger partial charge in [-0.15, -0.1) is 0 Å². The Morgan fingerprint density at radius 3 is 2.50 bits per heavy atom. The fourth-order valence-corrected chi connectivity index (χ4v) is 1.66. The van der Waals surface area contributed by atoms with Crippen LogP contribution in [0, 0.1) is 11.3 Å². The molecule has 0 aliphatic carbocycles. The van der Waals surface area contributed by atoms with Crippen molar-refractivity contribution in [2.24, 2.45) is 11.3 Å². The Bertz CT molecular complexity index is 184. The molecule has 1 heterocycles. The highest BCUT2D eigenvalue weighted by Gasteiger charge is 2.40. The van der Waals surface area contributed by atoms with Gasteiger partial charge < -0.3 is 9.47 Å². The van der Waals surface area contributed by atoms with Gasteiger partial charge in [0.05, 0.1) is 0 Å². The van der Waals surface area contributed by atoms with Crippen LogP contribution in [0.4, 0.5) is 4.79 Å². The van der Waals surface area contributed by atoms with Gasteiger partial charge in [-0.2, -0.15) is 0 Å². The van der Waals surface area contributed by atoms with Crippen LogP contribution < -0.4 is 0 Å². The number of hydrogen-bond donors (Lipinski definition) is 0. The fraction of sp³-hybridized carbons (Fsp3) is 0.889. The van der Waals surface area contributed by atoms with E-state index in [0.717, 1.165) is 0 Å². The molecule has 1 rings (SSSR count). The second-order valence-electron chi connectivity index (χ2n) is 4.31. The first-order valence-electron chi connectivity index (χ1n) is 4.27. The Labute approximate surface area is 73.0 Å². The van der Waals surface area contributed by atoms with Crippen molar-refractivity contribution in [2.45, 2.75) is 33.8 Å². The lowest BCUT2D eigenvalue weighted by Crippen LogP contribution is -2.46.